The minimum atomic E-state index is -3.44. The number of benzene rings is 1. The van der Waals surface area contributed by atoms with Gasteiger partial charge < -0.3 is 4.90 Å². The zero-order chi connectivity index (χ0) is 18.4. The average molecular weight is 378 g/mol. The molecule has 0 saturated carbocycles. The average Bonchev–Trinajstić information content (AvgIpc) is 3.08. The third kappa shape index (κ3) is 5.16. The first kappa shape index (κ1) is 19.1. The van der Waals surface area contributed by atoms with Crippen molar-refractivity contribution in [3.8, 4) is 0 Å². The molecule has 7 heteroatoms. The topological polar surface area (TPSA) is 60.9 Å². The highest BCUT2D eigenvalue weighted by molar-refractivity contribution is 7.92. The summed E-state index contributed by atoms with van der Waals surface area (Å²) >= 11 is 0. The molecular weight excluding hydrogens is 350 g/mol. The molecule has 0 N–H and O–H groups in total. The van der Waals surface area contributed by atoms with Gasteiger partial charge in [-0.1, -0.05) is 30.3 Å². The van der Waals surface area contributed by atoms with E-state index in [1.165, 1.54) is 9.71 Å². The molecule has 2 fully saturated rings. The first-order chi connectivity index (χ1) is 12.5. The predicted octanol–water partition coefficient (Wildman–Crippen LogP) is 1.62. The predicted molar refractivity (Wildman–Crippen MR) is 103 cm³/mol. The zero-order valence-corrected chi connectivity index (χ0v) is 15.9. The fraction of sp³-hybridized carbons (Fsp3) is 0.526. The van der Waals surface area contributed by atoms with Gasteiger partial charge in [0.25, 0.3) is 0 Å². The third-order valence-corrected chi connectivity index (χ3v) is 6.52. The van der Waals surface area contributed by atoms with Crippen LogP contribution in [0.5, 0.6) is 0 Å². The van der Waals surface area contributed by atoms with E-state index in [9.17, 15) is 13.2 Å². The monoisotopic (exact) mass is 377 g/mol. The van der Waals surface area contributed by atoms with E-state index in [1.807, 2.05) is 35.2 Å². The van der Waals surface area contributed by atoms with Crippen molar-refractivity contribution in [3.05, 3.63) is 41.3 Å². The van der Waals surface area contributed by atoms with Gasteiger partial charge in [-0.15, -0.1) is 0 Å². The number of carbonyl (C=O) groups is 1. The van der Waals surface area contributed by atoms with Crippen molar-refractivity contribution < 1.29 is 13.2 Å². The van der Waals surface area contributed by atoms with Crippen LogP contribution in [0, 0.1) is 0 Å². The number of hydrogen-bond acceptors (Lipinski definition) is 4. The zero-order valence-electron chi connectivity index (χ0n) is 15.1. The van der Waals surface area contributed by atoms with E-state index in [1.54, 1.807) is 6.08 Å². The molecule has 0 aliphatic carbocycles. The molecule has 0 bridgehead atoms. The highest BCUT2D eigenvalue weighted by Crippen LogP contribution is 2.13. The summed E-state index contributed by atoms with van der Waals surface area (Å²) in [7, 11) is -3.44. The number of sulfonamides is 1. The lowest BCUT2D eigenvalue weighted by Gasteiger charge is -2.23. The second kappa shape index (κ2) is 8.79. The van der Waals surface area contributed by atoms with Crippen LogP contribution >= 0.6 is 0 Å². The van der Waals surface area contributed by atoms with Crippen LogP contribution < -0.4 is 0 Å². The Balaban J connectivity index is 1.55. The van der Waals surface area contributed by atoms with Crippen molar-refractivity contribution >= 4 is 22.0 Å². The number of likely N-dealkylation sites (tertiary alicyclic amines) is 1. The molecule has 6 nitrogen and oxygen atoms in total. The molecule has 0 radical (unpaired) electrons. The first-order valence-corrected chi connectivity index (χ1v) is 10.8. The lowest BCUT2D eigenvalue weighted by molar-refractivity contribution is -0.131. The second-order valence-corrected chi connectivity index (χ2v) is 8.69. The van der Waals surface area contributed by atoms with Crippen molar-refractivity contribution in [3.63, 3.8) is 0 Å². The number of amides is 1. The molecule has 1 aromatic carbocycles. The van der Waals surface area contributed by atoms with Gasteiger partial charge in [0.2, 0.25) is 15.9 Å². The molecule has 0 aromatic heterocycles. The normalized spacial score (nSPS) is 20.5. The minimum Gasteiger partial charge on any atom is -0.342 e. The summed E-state index contributed by atoms with van der Waals surface area (Å²) in [5.41, 5.74) is 0.865. The minimum absolute atomic E-state index is 0.169. The van der Waals surface area contributed by atoms with Crippen LogP contribution in [0.4, 0.5) is 0 Å². The maximum atomic E-state index is 12.6. The summed E-state index contributed by atoms with van der Waals surface area (Å²) < 4.78 is 26.7. The number of rotatable bonds is 5. The quantitative estimate of drug-likeness (QED) is 0.782. The van der Waals surface area contributed by atoms with E-state index in [-0.39, 0.29) is 5.91 Å². The summed E-state index contributed by atoms with van der Waals surface area (Å²) in [5, 5.41) is 1.29. The van der Waals surface area contributed by atoms with Gasteiger partial charge in [-0.25, -0.2) is 8.42 Å². The van der Waals surface area contributed by atoms with Crippen LogP contribution in [-0.2, 0) is 14.8 Å². The van der Waals surface area contributed by atoms with Crippen molar-refractivity contribution in [1.29, 1.82) is 0 Å². The maximum Gasteiger partial charge on any atom is 0.236 e. The third-order valence-electron chi connectivity index (χ3n) is 4.96. The standard InChI is InChI=1S/C19H27N3O3S/c23-19(21-11-4-5-12-21)17-20-10-6-13-22(15-14-20)26(24,25)16-9-18-7-2-1-3-8-18/h1-3,7-9,16H,4-6,10-15,17H2/b16-9+. The van der Waals surface area contributed by atoms with Gasteiger partial charge in [-0.3, -0.25) is 9.69 Å². The van der Waals surface area contributed by atoms with E-state index in [4.69, 9.17) is 0 Å². The van der Waals surface area contributed by atoms with E-state index < -0.39 is 10.0 Å². The Bertz CT molecular complexity index is 728. The molecular formula is C19H27N3O3S. The molecule has 0 spiro atoms. The van der Waals surface area contributed by atoms with E-state index in [2.05, 4.69) is 4.90 Å². The molecule has 2 saturated heterocycles. The van der Waals surface area contributed by atoms with Crippen molar-refractivity contribution in [2.24, 2.45) is 0 Å². The van der Waals surface area contributed by atoms with Gasteiger partial charge in [0.05, 0.1) is 6.54 Å². The highest BCUT2D eigenvalue weighted by Gasteiger charge is 2.25. The molecule has 1 aromatic rings. The van der Waals surface area contributed by atoms with Gasteiger partial charge in [-0.2, -0.15) is 4.31 Å². The molecule has 26 heavy (non-hydrogen) atoms. The Morgan fingerprint density at radius 3 is 2.38 bits per heavy atom. The maximum absolute atomic E-state index is 12.6. The molecule has 0 atom stereocenters. The smallest absolute Gasteiger partial charge is 0.236 e. The molecule has 2 heterocycles. The molecule has 1 amide bonds. The van der Waals surface area contributed by atoms with E-state index >= 15 is 0 Å². The number of carbonyl (C=O) groups excluding carboxylic acids is 1. The van der Waals surface area contributed by atoms with Gasteiger partial charge in [0.1, 0.15) is 0 Å². The Morgan fingerprint density at radius 1 is 0.923 bits per heavy atom. The summed E-state index contributed by atoms with van der Waals surface area (Å²) in [4.78, 5) is 16.3. The largest absolute Gasteiger partial charge is 0.342 e. The molecule has 142 valence electrons. The Hall–Kier alpha value is -1.70. The van der Waals surface area contributed by atoms with Crippen LogP contribution in [0.25, 0.3) is 6.08 Å². The number of hydrogen-bond donors (Lipinski definition) is 0. The first-order valence-electron chi connectivity index (χ1n) is 9.28. The number of nitrogens with zero attached hydrogens (tertiary/aromatic N) is 3. The van der Waals surface area contributed by atoms with Gasteiger partial charge in [-0.05, 0) is 37.4 Å². The highest BCUT2D eigenvalue weighted by atomic mass is 32.2. The van der Waals surface area contributed by atoms with Crippen molar-refractivity contribution in [1.82, 2.24) is 14.1 Å². The van der Waals surface area contributed by atoms with E-state index in [0.717, 1.165) is 44.5 Å². The van der Waals surface area contributed by atoms with Crippen molar-refractivity contribution in [2.45, 2.75) is 19.3 Å². The van der Waals surface area contributed by atoms with Crippen LogP contribution in [0.15, 0.2) is 35.7 Å². The molecule has 2 aliphatic rings. The van der Waals surface area contributed by atoms with Gasteiger partial charge >= 0.3 is 0 Å². The fourth-order valence-electron chi connectivity index (χ4n) is 3.43. The Morgan fingerprint density at radius 2 is 1.65 bits per heavy atom. The van der Waals surface area contributed by atoms with Crippen LogP contribution in [0.1, 0.15) is 24.8 Å². The lowest BCUT2D eigenvalue weighted by Crippen LogP contribution is -2.41. The summed E-state index contributed by atoms with van der Waals surface area (Å²) in [6.45, 7) is 4.39. The molecule has 2 aliphatic heterocycles. The Kier molecular flexibility index (Phi) is 6.45. The Labute approximate surface area is 156 Å². The summed E-state index contributed by atoms with van der Waals surface area (Å²) in [6, 6.07) is 9.42. The van der Waals surface area contributed by atoms with Crippen LogP contribution in [-0.4, -0.2) is 74.2 Å². The fourth-order valence-corrected chi connectivity index (χ4v) is 4.65. The van der Waals surface area contributed by atoms with E-state index in [0.29, 0.717) is 26.2 Å². The van der Waals surface area contributed by atoms with Gasteiger partial charge in [0.15, 0.2) is 0 Å². The summed E-state index contributed by atoms with van der Waals surface area (Å²) in [5.74, 6) is 0.169. The SMILES string of the molecule is O=C(CN1CCCN(S(=O)(=O)/C=C/c2ccccc2)CC1)N1CCCC1. The van der Waals surface area contributed by atoms with Crippen LogP contribution in [0.2, 0.25) is 0 Å². The lowest BCUT2D eigenvalue weighted by atomic mass is 10.2. The molecule has 0 unspecified atom stereocenters. The van der Waals surface area contributed by atoms with Gasteiger partial charge in [0, 0.05) is 38.1 Å². The van der Waals surface area contributed by atoms with Crippen LogP contribution in [0.3, 0.4) is 0 Å². The molecule has 3 rings (SSSR count). The second-order valence-electron chi connectivity index (χ2n) is 6.88. The summed E-state index contributed by atoms with van der Waals surface area (Å²) in [6.07, 6.45) is 4.55. The van der Waals surface area contributed by atoms with Crippen molar-refractivity contribution in [2.75, 3.05) is 45.8 Å².